The van der Waals surface area contributed by atoms with Crippen molar-refractivity contribution in [2.75, 3.05) is 38.0 Å². The zero-order valence-corrected chi connectivity index (χ0v) is 14.8. The quantitative estimate of drug-likeness (QED) is 0.852. The third-order valence-corrected chi connectivity index (χ3v) is 4.65. The molecule has 1 fully saturated rings. The zero-order chi connectivity index (χ0) is 17.8. The van der Waals surface area contributed by atoms with Gasteiger partial charge in [-0.3, -0.25) is 14.9 Å². The molecular formula is C18H25N5O2. The van der Waals surface area contributed by atoms with Gasteiger partial charge < -0.3 is 15.1 Å². The lowest BCUT2D eigenvalue weighted by molar-refractivity contribution is -0.125. The number of aryl methyl sites for hydroxylation is 1. The Labute approximate surface area is 148 Å². The lowest BCUT2D eigenvalue weighted by Crippen LogP contribution is -2.56. The number of amides is 2. The first-order valence-corrected chi connectivity index (χ1v) is 8.77. The van der Waals surface area contributed by atoms with Crippen LogP contribution >= 0.6 is 0 Å². The summed E-state index contributed by atoms with van der Waals surface area (Å²) >= 11 is 0. The number of likely N-dealkylation sites (N-methyl/N-ethyl adjacent to an activating group) is 1. The Kier molecular flexibility index (Phi) is 5.33. The van der Waals surface area contributed by atoms with Crippen molar-refractivity contribution >= 4 is 23.5 Å². The van der Waals surface area contributed by atoms with Gasteiger partial charge in [-0.2, -0.15) is 0 Å². The van der Waals surface area contributed by atoms with Crippen LogP contribution in [0.15, 0.2) is 29.3 Å². The molecule has 2 heterocycles. The molecule has 7 nitrogen and oxygen atoms in total. The Morgan fingerprint density at radius 3 is 2.56 bits per heavy atom. The standard InChI is InChI=1S/C18H25N5O2/c1-3-22-8-10-23(11-9-22)18-20-15(12-16(24)21-18)17(25)19-14-6-4-13(2)5-7-14/h4-7,15H,3,8-12H2,1-2H3,(H,19,25)(H,20,21,24). The van der Waals surface area contributed by atoms with E-state index in [1.165, 1.54) is 0 Å². The molecular weight excluding hydrogens is 318 g/mol. The van der Waals surface area contributed by atoms with Crippen LogP contribution in [0.2, 0.25) is 0 Å². The maximum atomic E-state index is 12.5. The summed E-state index contributed by atoms with van der Waals surface area (Å²) in [7, 11) is 0. The van der Waals surface area contributed by atoms with Gasteiger partial charge in [0, 0.05) is 31.9 Å². The van der Waals surface area contributed by atoms with E-state index in [0.29, 0.717) is 5.96 Å². The van der Waals surface area contributed by atoms with E-state index in [0.717, 1.165) is 44.0 Å². The number of hydrogen-bond acceptors (Lipinski definition) is 5. The molecule has 1 unspecified atom stereocenters. The van der Waals surface area contributed by atoms with Crippen LogP contribution in [0.1, 0.15) is 18.9 Å². The number of benzene rings is 1. The minimum atomic E-state index is -0.686. The summed E-state index contributed by atoms with van der Waals surface area (Å²) in [5, 5.41) is 5.66. The molecule has 1 aromatic carbocycles. The Hall–Kier alpha value is -2.41. The van der Waals surface area contributed by atoms with Gasteiger partial charge in [0.05, 0.1) is 6.42 Å². The Bertz CT molecular complexity index is 663. The van der Waals surface area contributed by atoms with Gasteiger partial charge in [0.15, 0.2) is 0 Å². The van der Waals surface area contributed by atoms with E-state index in [4.69, 9.17) is 0 Å². The fraction of sp³-hybridized carbons (Fsp3) is 0.500. The minimum absolute atomic E-state index is 0.0795. The second-order valence-electron chi connectivity index (χ2n) is 6.50. The van der Waals surface area contributed by atoms with Crippen LogP contribution in [0.5, 0.6) is 0 Å². The predicted molar refractivity (Wildman–Crippen MR) is 97.5 cm³/mol. The van der Waals surface area contributed by atoms with Gasteiger partial charge in [-0.25, -0.2) is 4.99 Å². The highest BCUT2D eigenvalue weighted by molar-refractivity contribution is 6.05. The fourth-order valence-corrected chi connectivity index (χ4v) is 3.03. The molecule has 0 aliphatic carbocycles. The molecule has 0 spiro atoms. The zero-order valence-electron chi connectivity index (χ0n) is 14.8. The number of guanidine groups is 1. The average molecular weight is 343 g/mol. The summed E-state index contributed by atoms with van der Waals surface area (Å²) in [5.41, 5.74) is 1.84. The molecule has 1 aromatic rings. The summed E-state index contributed by atoms with van der Waals surface area (Å²) in [6.07, 6.45) is 0.0795. The summed E-state index contributed by atoms with van der Waals surface area (Å²) in [4.78, 5) is 33.4. The number of piperazine rings is 1. The minimum Gasteiger partial charge on any atom is -0.340 e. The molecule has 0 bridgehead atoms. The van der Waals surface area contributed by atoms with E-state index in [-0.39, 0.29) is 18.2 Å². The molecule has 0 aromatic heterocycles. The number of carbonyl (C=O) groups excluding carboxylic acids is 2. The number of anilines is 1. The van der Waals surface area contributed by atoms with Crippen LogP contribution in [0, 0.1) is 6.92 Å². The number of nitrogens with zero attached hydrogens (tertiary/aromatic N) is 3. The van der Waals surface area contributed by atoms with Crippen LogP contribution in [0.4, 0.5) is 5.69 Å². The number of nitrogens with one attached hydrogen (secondary N) is 2. The topological polar surface area (TPSA) is 77.0 Å². The summed E-state index contributed by atoms with van der Waals surface area (Å²) in [6.45, 7) is 8.64. The molecule has 2 aliphatic heterocycles. The molecule has 7 heteroatoms. The van der Waals surface area contributed by atoms with E-state index >= 15 is 0 Å². The van der Waals surface area contributed by atoms with Gasteiger partial charge in [0.2, 0.25) is 17.8 Å². The maximum absolute atomic E-state index is 12.5. The van der Waals surface area contributed by atoms with Gasteiger partial charge in [-0.05, 0) is 25.6 Å². The number of aliphatic imine (C=N–C) groups is 1. The highest BCUT2D eigenvalue weighted by atomic mass is 16.2. The second-order valence-corrected chi connectivity index (χ2v) is 6.50. The fourth-order valence-electron chi connectivity index (χ4n) is 3.03. The van der Waals surface area contributed by atoms with Crippen molar-refractivity contribution in [3.63, 3.8) is 0 Å². The molecule has 3 rings (SSSR count). The Morgan fingerprint density at radius 2 is 1.92 bits per heavy atom. The third-order valence-electron chi connectivity index (χ3n) is 4.65. The first-order valence-electron chi connectivity index (χ1n) is 8.77. The van der Waals surface area contributed by atoms with E-state index in [1.807, 2.05) is 31.2 Å². The van der Waals surface area contributed by atoms with Crippen molar-refractivity contribution in [3.8, 4) is 0 Å². The van der Waals surface area contributed by atoms with E-state index in [2.05, 4.69) is 32.3 Å². The second kappa shape index (κ2) is 7.65. The number of carbonyl (C=O) groups is 2. The molecule has 1 saturated heterocycles. The normalized spacial score (nSPS) is 21.5. The van der Waals surface area contributed by atoms with Gasteiger partial charge >= 0.3 is 0 Å². The molecule has 0 saturated carbocycles. The van der Waals surface area contributed by atoms with Crippen molar-refractivity contribution in [1.82, 2.24) is 15.1 Å². The summed E-state index contributed by atoms with van der Waals surface area (Å²) < 4.78 is 0. The number of hydrogen-bond donors (Lipinski definition) is 2. The highest BCUT2D eigenvalue weighted by Crippen LogP contribution is 2.13. The molecule has 134 valence electrons. The average Bonchev–Trinajstić information content (AvgIpc) is 2.63. The molecule has 2 aliphatic rings. The smallest absolute Gasteiger partial charge is 0.249 e. The van der Waals surface area contributed by atoms with Crippen molar-refractivity contribution in [2.24, 2.45) is 4.99 Å². The van der Waals surface area contributed by atoms with Crippen LogP contribution in [0.3, 0.4) is 0 Å². The highest BCUT2D eigenvalue weighted by Gasteiger charge is 2.30. The molecule has 25 heavy (non-hydrogen) atoms. The van der Waals surface area contributed by atoms with E-state index in [9.17, 15) is 9.59 Å². The third kappa shape index (κ3) is 4.36. The molecule has 2 amide bonds. The van der Waals surface area contributed by atoms with E-state index < -0.39 is 6.04 Å². The van der Waals surface area contributed by atoms with Crippen LogP contribution in [-0.4, -0.2) is 66.3 Å². The largest absolute Gasteiger partial charge is 0.340 e. The molecule has 1 atom stereocenters. The molecule has 2 N–H and O–H groups in total. The van der Waals surface area contributed by atoms with Crippen LogP contribution < -0.4 is 10.6 Å². The monoisotopic (exact) mass is 343 g/mol. The van der Waals surface area contributed by atoms with Crippen LogP contribution in [-0.2, 0) is 9.59 Å². The SMILES string of the molecule is CCN1CCN(C2=NC(C(=O)Nc3ccc(C)cc3)CC(=O)N2)CC1. The van der Waals surface area contributed by atoms with E-state index in [1.54, 1.807) is 0 Å². The maximum Gasteiger partial charge on any atom is 0.249 e. The number of rotatable bonds is 3. The lowest BCUT2D eigenvalue weighted by atomic mass is 10.1. The van der Waals surface area contributed by atoms with Gasteiger partial charge in [-0.1, -0.05) is 24.6 Å². The first-order chi connectivity index (χ1) is 12.0. The van der Waals surface area contributed by atoms with Crippen molar-refractivity contribution in [3.05, 3.63) is 29.8 Å². The van der Waals surface area contributed by atoms with Crippen molar-refractivity contribution in [2.45, 2.75) is 26.3 Å². The van der Waals surface area contributed by atoms with Crippen molar-refractivity contribution < 1.29 is 9.59 Å². The van der Waals surface area contributed by atoms with Gasteiger partial charge in [0.1, 0.15) is 6.04 Å². The van der Waals surface area contributed by atoms with Gasteiger partial charge in [-0.15, -0.1) is 0 Å². The Morgan fingerprint density at radius 1 is 1.24 bits per heavy atom. The first kappa shape index (κ1) is 17.4. The summed E-state index contributed by atoms with van der Waals surface area (Å²) in [5.74, 6) is 0.117. The lowest BCUT2D eigenvalue weighted by Gasteiger charge is -2.37. The van der Waals surface area contributed by atoms with Gasteiger partial charge in [0.25, 0.3) is 0 Å². The predicted octanol–water partition coefficient (Wildman–Crippen LogP) is 0.816. The summed E-state index contributed by atoms with van der Waals surface area (Å²) in [6, 6.07) is 6.89. The Balaban J connectivity index is 1.67. The molecule has 0 radical (unpaired) electrons. The van der Waals surface area contributed by atoms with Crippen LogP contribution in [0.25, 0.3) is 0 Å². The van der Waals surface area contributed by atoms with Crippen molar-refractivity contribution in [1.29, 1.82) is 0 Å².